The maximum absolute atomic E-state index is 12.7. The van der Waals surface area contributed by atoms with Crippen LogP contribution in [0.5, 0.6) is 5.75 Å². The molecule has 1 atom stereocenters. The Hall–Kier alpha value is -2.12. The van der Waals surface area contributed by atoms with Crippen LogP contribution in [0.2, 0.25) is 0 Å². The quantitative estimate of drug-likeness (QED) is 0.637. The summed E-state index contributed by atoms with van der Waals surface area (Å²) in [4.78, 5) is 31.7. The Labute approximate surface area is 174 Å². The molecular formula is C22H34N4O3. The molecular weight excluding hydrogens is 368 g/mol. The van der Waals surface area contributed by atoms with Gasteiger partial charge >= 0.3 is 0 Å². The van der Waals surface area contributed by atoms with E-state index >= 15 is 0 Å². The largest absolute Gasteiger partial charge is 0.478 e. The predicted molar refractivity (Wildman–Crippen MR) is 114 cm³/mol. The summed E-state index contributed by atoms with van der Waals surface area (Å²) in [6, 6.07) is 7.40. The number of hydrogen-bond acceptors (Lipinski definition) is 5. The molecule has 1 fully saturated rings. The summed E-state index contributed by atoms with van der Waals surface area (Å²) in [7, 11) is 0. The molecule has 2 amide bonds. The van der Waals surface area contributed by atoms with E-state index in [1.54, 1.807) is 4.90 Å². The molecule has 1 aromatic rings. The van der Waals surface area contributed by atoms with Crippen LogP contribution in [-0.4, -0.2) is 80.1 Å². The molecule has 7 nitrogen and oxygen atoms in total. The Morgan fingerprint density at radius 2 is 1.79 bits per heavy atom. The van der Waals surface area contributed by atoms with Crippen LogP contribution in [-0.2, 0) is 9.59 Å². The third-order valence-corrected chi connectivity index (χ3v) is 5.62. The van der Waals surface area contributed by atoms with E-state index in [2.05, 4.69) is 22.0 Å². The number of para-hydroxylation sites is 2. The van der Waals surface area contributed by atoms with Crippen molar-refractivity contribution in [3.63, 3.8) is 0 Å². The summed E-state index contributed by atoms with van der Waals surface area (Å²) < 4.78 is 5.76. The number of anilines is 1. The molecule has 0 spiro atoms. The Morgan fingerprint density at radius 3 is 2.48 bits per heavy atom. The van der Waals surface area contributed by atoms with Crippen LogP contribution in [0.1, 0.15) is 33.1 Å². The molecule has 160 valence electrons. The number of carbonyl (C=O) groups is 2. The van der Waals surface area contributed by atoms with E-state index in [4.69, 9.17) is 4.74 Å². The Balaban J connectivity index is 1.42. The SMILES string of the molecule is CCCN1CCN(CCCNC(=O)CN2C(=O)[C@@H](CC)Oc3ccccc32)CC1. The van der Waals surface area contributed by atoms with Crippen molar-refractivity contribution in [1.82, 2.24) is 15.1 Å². The van der Waals surface area contributed by atoms with Crippen LogP contribution in [0, 0.1) is 0 Å². The summed E-state index contributed by atoms with van der Waals surface area (Å²) in [6.45, 7) is 11.5. The first-order chi connectivity index (χ1) is 14.1. The Kier molecular flexibility index (Phi) is 7.89. The molecule has 7 heteroatoms. The number of piperazine rings is 1. The number of rotatable bonds is 9. The topological polar surface area (TPSA) is 65.1 Å². The number of fused-ring (bicyclic) bond motifs is 1. The fourth-order valence-electron chi connectivity index (χ4n) is 3.98. The van der Waals surface area contributed by atoms with Gasteiger partial charge in [0.1, 0.15) is 12.3 Å². The van der Waals surface area contributed by atoms with Crippen molar-refractivity contribution in [2.75, 3.05) is 57.3 Å². The number of nitrogens with zero attached hydrogens (tertiary/aromatic N) is 3. The molecule has 1 N–H and O–H groups in total. The van der Waals surface area contributed by atoms with Gasteiger partial charge in [-0.25, -0.2) is 0 Å². The first-order valence-electron chi connectivity index (χ1n) is 10.9. The molecule has 1 saturated heterocycles. The van der Waals surface area contributed by atoms with Gasteiger partial charge in [-0.1, -0.05) is 26.0 Å². The first kappa shape index (κ1) is 21.6. The van der Waals surface area contributed by atoms with E-state index in [1.165, 1.54) is 13.0 Å². The van der Waals surface area contributed by atoms with Gasteiger partial charge in [-0.3, -0.25) is 14.5 Å². The lowest BCUT2D eigenvalue weighted by molar-refractivity contribution is -0.129. The molecule has 2 heterocycles. The van der Waals surface area contributed by atoms with Crippen LogP contribution < -0.4 is 15.0 Å². The molecule has 1 aromatic carbocycles. The van der Waals surface area contributed by atoms with Gasteiger partial charge in [0.15, 0.2) is 6.10 Å². The van der Waals surface area contributed by atoms with Gasteiger partial charge in [-0.05, 0) is 44.5 Å². The zero-order chi connectivity index (χ0) is 20.6. The minimum atomic E-state index is -0.524. The fourth-order valence-corrected chi connectivity index (χ4v) is 3.98. The zero-order valence-electron chi connectivity index (χ0n) is 17.7. The second kappa shape index (κ2) is 10.6. The number of nitrogens with one attached hydrogen (secondary N) is 1. The minimum absolute atomic E-state index is 0.0331. The molecule has 0 unspecified atom stereocenters. The second-order valence-electron chi connectivity index (χ2n) is 7.79. The average Bonchev–Trinajstić information content (AvgIpc) is 2.74. The molecule has 3 rings (SSSR count). The highest BCUT2D eigenvalue weighted by molar-refractivity contribution is 6.03. The van der Waals surface area contributed by atoms with Crippen LogP contribution >= 0.6 is 0 Å². The third kappa shape index (κ3) is 5.70. The number of carbonyl (C=O) groups excluding carboxylic acids is 2. The number of hydrogen-bond donors (Lipinski definition) is 1. The molecule has 0 saturated carbocycles. The third-order valence-electron chi connectivity index (χ3n) is 5.62. The highest BCUT2D eigenvalue weighted by Crippen LogP contribution is 2.34. The lowest BCUT2D eigenvalue weighted by atomic mass is 10.1. The van der Waals surface area contributed by atoms with Crippen molar-refractivity contribution in [3.05, 3.63) is 24.3 Å². The van der Waals surface area contributed by atoms with Gasteiger partial charge in [0, 0.05) is 32.7 Å². The van der Waals surface area contributed by atoms with E-state index in [1.807, 2.05) is 31.2 Å². The van der Waals surface area contributed by atoms with Gasteiger partial charge in [-0.2, -0.15) is 0 Å². The van der Waals surface area contributed by atoms with Crippen molar-refractivity contribution < 1.29 is 14.3 Å². The zero-order valence-corrected chi connectivity index (χ0v) is 17.7. The summed E-state index contributed by atoms with van der Waals surface area (Å²) in [5.74, 6) is 0.387. The lowest BCUT2D eigenvalue weighted by Gasteiger charge is -2.34. The van der Waals surface area contributed by atoms with Crippen LogP contribution in [0.25, 0.3) is 0 Å². The van der Waals surface area contributed by atoms with Gasteiger partial charge in [0.25, 0.3) is 5.91 Å². The van der Waals surface area contributed by atoms with Crippen LogP contribution in [0.3, 0.4) is 0 Å². The normalized spacial score (nSPS) is 20.3. The average molecular weight is 403 g/mol. The van der Waals surface area contributed by atoms with Gasteiger partial charge < -0.3 is 19.9 Å². The number of benzene rings is 1. The highest BCUT2D eigenvalue weighted by atomic mass is 16.5. The van der Waals surface area contributed by atoms with Crippen molar-refractivity contribution in [2.45, 2.75) is 39.2 Å². The summed E-state index contributed by atoms with van der Waals surface area (Å²) >= 11 is 0. The monoisotopic (exact) mass is 402 g/mol. The Bertz CT molecular complexity index is 688. The standard InChI is InChI=1S/C22H34N4O3/c1-3-11-24-13-15-25(16-14-24)12-7-10-23-21(27)17-26-18-8-5-6-9-20(18)29-19(4-2)22(26)28/h5-6,8-9,19H,3-4,7,10-17H2,1-2H3,(H,23,27)/t19-/m1/s1. The molecule has 2 aliphatic heterocycles. The maximum atomic E-state index is 12.7. The van der Waals surface area contributed by atoms with Crippen molar-refractivity contribution in [1.29, 1.82) is 0 Å². The van der Waals surface area contributed by atoms with E-state index in [-0.39, 0.29) is 18.4 Å². The molecule has 0 aromatic heterocycles. The molecule has 29 heavy (non-hydrogen) atoms. The van der Waals surface area contributed by atoms with Crippen LogP contribution in [0.15, 0.2) is 24.3 Å². The maximum Gasteiger partial charge on any atom is 0.268 e. The van der Waals surface area contributed by atoms with E-state index in [0.717, 1.165) is 39.1 Å². The molecule has 2 aliphatic rings. The van der Waals surface area contributed by atoms with Crippen molar-refractivity contribution >= 4 is 17.5 Å². The molecule has 0 aliphatic carbocycles. The van der Waals surface area contributed by atoms with Crippen molar-refractivity contribution in [2.24, 2.45) is 0 Å². The summed E-state index contributed by atoms with van der Waals surface area (Å²) in [5, 5.41) is 2.97. The van der Waals surface area contributed by atoms with Crippen molar-refractivity contribution in [3.8, 4) is 5.75 Å². The molecule has 0 radical (unpaired) electrons. The van der Waals surface area contributed by atoms with E-state index in [9.17, 15) is 9.59 Å². The fraction of sp³-hybridized carbons (Fsp3) is 0.636. The Morgan fingerprint density at radius 1 is 1.10 bits per heavy atom. The van der Waals surface area contributed by atoms with Gasteiger partial charge in [-0.15, -0.1) is 0 Å². The van der Waals surface area contributed by atoms with E-state index in [0.29, 0.717) is 24.4 Å². The van der Waals surface area contributed by atoms with Gasteiger partial charge in [0.2, 0.25) is 5.91 Å². The molecule has 0 bridgehead atoms. The van der Waals surface area contributed by atoms with Gasteiger partial charge in [0.05, 0.1) is 5.69 Å². The van der Waals surface area contributed by atoms with E-state index < -0.39 is 6.10 Å². The lowest BCUT2D eigenvalue weighted by Crippen LogP contribution is -2.50. The number of ether oxygens (including phenoxy) is 1. The summed E-state index contributed by atoms with van der Waals surface area (Å²) in [6.07, 6.45) is 2.19. The van der Waals surface area contributed by atoms with Crippen LogP contribution in [0.4, 0.5) is 5.69 Å². The number of amides is 2. The first-order valence-corrected chi connectivity index (χ1v) is 10.9. The smallest absolute Gasteiger partial charge is 0.268 e. The summed E-state index contributed by atoms with van der Waals surface area (Å²) in [5.41, 5.74) is 0.669. The second-order valence-corrected chi connectivity index (χ2v) is 7.79. The predicted octanol–water partition coefficient (Wildman–Crippen LogP) is 1.72. The minimum Gasteiger partial charge on any atom is -0.478 e. The highest BCUT2D eigenvalue weighted by Gasteiger charge is 2.34.